The Bertz CT molecular complexity index is 1120. The number of anilines is 2. The van der Waals surface area contributed by atoms with E-state index in [-0.39, 0.29) is 12.5 Å². The molecule has 1 aromatic carbocycles. The number of hydrogen-bond acceptors (Lipinski definition) is 6. The van der Waals surface area contributed by atoms with Gasteiger partial charge in [0, 0.05) is 23.5 Å². The molecule has 0 radical (unpaired) electrons. The van der Waals surface area contributed by atoms with Crippen LogP contribution in [0.2, 0.25) is 0 Å². The van der Waals surface area contributed by atoms with Gasteiger partial charge in [-0.15, -0.1) is 0 Å². The average Bonchev–Trinajstić information content (AvgIpc) is 3.28. The molecular formula is C24H27N7O. The molecule has 0 aliphatic heterocycles. The van der Waals surface area contributed by atoms with Gasteiger partial charge in [-0.2, -0.15) is 10.4 Å². The monoisotopic (exact) mass is 429 g/mol. The van der Waals surface area contributed by atoms with Crippen molar-refractivity contribution < 1.29 is 4.79 Å². The maximum atomic E-state index is 12.0. The summed E-state index contributed by atoms with van der Waals surface area (Å²) < 4.78 is 2.05. The number of nitrogens with zero attached hydrogens (tertiary/aromatic N) is 5. The Balaban J connectivity index is 1.47. The lowest BCUT2D eigenvalue weighted by Crippen LogP contribution is -2.23. The summed E-state index contributed by atoms with van der Waals surface area (Å²) in [6, 6.07) is 9.51. The van der Waals surface area contributed by atoms with Gasteiger partial charge in [0.2, 0.25) is 5.95 Å². The second kappa shape index (κ2) is 9.60. The maximum absolute atomic E-state index is 12.0. The van der Waals surface area contributed by atoms with E-state index in [1.165, 1.54) is 12.8 Å². The molecule has 1 fully saturated rings. The van der Waals surface area contributed by atoms with Crippen LogP contribution < -0.4 is 10.6 Å². The smallest absolute Gasteiger partial charge is 0.252 e. The van der Waals surface area contributed by atoms with Crippen molar-refractivity contribution in [3.8, 4) is 17.3 Å². The Labute approximate surface area is 187 Å². The summed E-state index contributed by atoms with van der Waals surface area (Å²) in [5.74, 6) is 1.03. The van der Waals surface area contributed by atoms with Gasteiger partial charge >= 0.3 is 0 Å². The minimum absolute atomic E-state index is 0.0168. The van der Waals surface area contributed by atoms with Gasteiger partial charge in [-0.05, 0) is 56.2 Å². The molecule has 0 unspecified atom stereocenters. The van der Waals surface area contributed by atoms with Gasteiger partial charge < -0.3 is 10.6 Å². The van der Waals surface area contributed by atoms with Crippen LogP contribution >= 0.6 is 0 Å². The summed E-state index contributed by atoms with van der Waals surface area (Å²) in [5.41, 5.74) is 3.97. The molecule has 0 spiro atoms. The third kappa shape index (κ3) is 4.94. The summed E-state index contributed by atoms with van der Waals surface area (Å²) in [6.45, 7) is 4.25. The summed E-state index contributed by atoms with van der Waals surface area (Å²) >= 11 is 0. The Morgan fingerprint density at radius 2 is 1.94 bits per heavy atom. The first kappa shape index (κ1) is 21.5. The minimum Gasteiger partial charge on any atom is -0.339 e. The molecule has 2 N–H and O–H groups in total. The quantitative estimate of drug-likeness (QED) is 0.562. The molecule has 1 amide bonds. The Hall–Kier alpha value is -3.73. The average molecular weight is 430 g/mol. The van der Waals surface area contributed by atoms with Crippen LogP contribution in [-0.4, -0.2) is 32.2 Å². The van der Waals surface area contributed by atoms with Crippen molar-refractivity contribution in [2.75, 3.05) is 11.9 Å². The van der Waals surface area contributed by atoms with Gasteiger partial charge in [0.25, 0.3) is 5.91 Å². The highest BCUT2D eigenvalue weighted by atomic mass is 16.1. The third-order valence-electron chi connectivity index (χ3n) is 5.94. The molecule has 0 bridgehead atoms. The molecule has 8 nitrogen and oxygen atoms in total. The first-order chi connectivity index (χ1) is 15.5. The molecule has 4 rings (SSSR count). The van der Waals surface area contributed by atoms with Crippen LogP contribution in [0.15, 0.2) is 42.9 Å². The van der Waals surface area contributed by atoms with Gasteiger partial charge in [-0.3, -0.25) is 9.48 Å². The summed E-state index contributed by atoms with van der Waals surface area (Å²) in [6.07, 6.45) is 10.4. The van der Waals surface area contributed by atoms with Crippen LogP contribution in [0.25, 0.3) is 11.3 Å². The molecular weight excluding hydrogens is 402 g/mol. The lowest BCUT2D eigenvalue weighted by molar-refractivity contribution is 0.0958. The zero-order valence-corrected chi connectivity index (χ0v) is 18.4. The van der Waals surface area contributed by atoms with E-state index in [2.05, 4.69) is 32.3 Å². The number of hydrogen-bond donors (Lipinski definition) is 2. The Kier molecular flexibility index (Phi) is 6.45. The number of carbonyl (C=O) groups is 1. The van der Waals surface area contributed by atoms with Crippen LogP contribution in [0.3, 0.4) is 0 Å². The number of rotatable bonds is 6. The normalized spacial score (nSPS) is 18.0. The highest BCUT2D eigenvalue weighted by Crippen LogP contribution is 2.32. The lowest BCUT2D eigenvalue weighted by Gasteiger charge is -2.26. The van der Waals surface area contributed by atoms with Gasteiger partial charge in [0.05, 0.1) is 29.7 Å². The van der Waals surface area contributed by atoms with Crippen molar-refractivity contribution in [1.29, 1.82) is 5.26 Å². The van der Waals surface area contributed by atoms with Crippen molar-refractivity contribution in [3.05, 3.63) is 54.0 Å². The first-order valence-corrected chi connectivity index (χ1v) is 10.9. The third-order valence-corrected chi connectivity index (χ3v) is 5.94. The van der Waals surface area contributed by atoms with E-state index in [1.807, 2.05) is 37.5 Å². The zero-order valence-electron chi connectivity index (χ0n) is 18.4. The van der Waals surface area contributed by atoms with E-state index in [1.54, 1.807) is 18.3 Å². The molecule has 1 aliphatic rings. The predicted octanol–water partition coefficient (Wildman–Crippen LogP) is 4.40. The van der Waals surface area contributed by atoms with Crippen molar-refractivity contribution >= 4 is 17.5 Å². The Morgan fingerprint density at radius 1 is 1.19 bits per heavy atom. The number of nitriles is 1. The van der Waals surface area contributed by atoms with E-state index in [9.17, 15) is 4.79 Å². The second-order valence-corrected chi connectivity index (χ2v) is 8.39. The molecule has 3 aromatic rings. The van der Waals surface area contributed by atoms with Crippen molar-refractivity contribution in [3.63, 3.8) is 0 Å². The van der Waals surface area contributed by atoms with Crippen LogP contribution in [0.4, 0.5) is 11.6 Å². The maximum Gasteiger partial charge on any atom is 0.252 e. The summed E-state index contributed by atoms with van der Waals surface area (Å²) in [7, 11) is 0. The standard InChI is InChI=1S/C24H27N7O/c1-16-3-9-21(10-4-16)31-15-20(14-28-31)29-24-27-13-17(2)22(30-24)18-5-7-19(8-6-18)23(32)26-12-11-25/h5-8,13-16,21H,3-4,9-10,12H2,1-2H3,(H,26,32)(H,27,29,30)/t16-,21+. The summed E-state index contributed by atoms with van der Waals surface area (Å²) in [4.78, 5) is 21.1. The SMILES string of the molecule is Cc1cnc(Nc2cnn([C@H]3CC[C@@H](C)CC3)c2)nc1-c1ccc(C(=O)NCC#N)cc1. The van der Waals surface area contributed by atoms with E-state index in [0.29, 0.717) is 17.6 Å². The van der Waals surface area contributed by atoms with E-state index in [0.717, 1.165) is 41.3 Å². The van der Waals surface area contributed by atoms with Crippen LogP contribution in [0.1, 0.15) is 54.6 Å². The Morgan fingerprint density at radius 3 is 2.66 bits per heavy atom. The fraction of sp³-hybridized carbons (Fsp3) is 0.375. The van der Waals surface area contributed by atoms with Gasteiger partial charge in [0.15, 0.2) is 0 Å². The largest absolute Gasteiger partial charge is 0.339 e. The van der Waals surface area contributed by atoms with Crippen molar-refractivity contribution in [2.45, 2.75) is 45.6 Å². The second-order valence-electron chi connectivity index (χ2n) is 8.39. The number of amides is 1. The van der Waals surface area contributed by atoms with Gasteiger partial charge in [0.1, 0.15) is 6.54 Å². The molecule has 2 aromatic heterocycles. The fourth-order valence-corrected chi connectivity index (χ4v) is 4.03. The highest BCUT2D eigenvalue weighted by Gasteiger charge is 2.20. The lowest BCUT2D eigenvalue weighted by atomic mass is 9.87. The van der Waals surface area contributed by atoms with E-state index in [4.69, 9.17) is 10.2 Å². The van der Waals surface area contributed by atoms with Gasteiger partial charge in [-0.25, -0.2) is 9.97 Å². The van der Waals surface area contributed by atoms with Crippen LogP contribution in [-0.2, 0) is 0 Å². The molecule has 0 saturated heterocycles. The topological polar surface area (TPSA) is 109 Å². The molecule has 0 atom stereocenters. The number of aromatic nitrogens is 4. The molecule has 32 heavy (non-hydrogen) atoms. The molecule has 8 heteroatoms. The number of aryl methyl sites for hydroxylation is 1. The zero-order chi connectivity index (χ0) is 22.5. The predicted molar refractivity (Wildman–Crippen MR) is 122 cm³/mol. The van der Waals surface area contributed by atoms with Gasteiger partial charge in [-0.1, -0.05) is 19.1 Å². The molecule has 1 aliphatic carbocycles. The van der Waals surface area contributed by atoms with Crippen molar-refractivity contribution in [1.82, 2.24) is 25.1 Å². The minimum atomic E-state index is -0.274. The van der Waals surface area contributed by atoms with E-state index < -0.39 is 0 Å². The molecule has 1 saturated carbocycles. The summed E-state index contributed by atoms with van der Waals surface area (Å²) in [5, 5.41) is 19.0. The number of benzene rings is 1. The molecule has 164 valence electrons. The van der Waals surface area contributed by atoms with Crippen molar-refractivity contribution in [2.24, 2.45) is 5.92 Å². The first-order valence-electron chi connectivity index (χ1n) is 10.9. The highest BCUT2D eigenvalue weighted by molar-refractivity contribution is 5.94. The fourth-order valence-electron chi connectivity index (χ4n) is 4.03. The number of nitrogens with one attached hydrogen (secondary N) is 2. The van der Waals surface area contributed by atoms with E-state index >= 15 is 0 Å². The number of carbonyl (C=O) groups excluding carboxylic acids is 1. The molecule has 2 heterocycles. The van der Waals surface area contributed by atoms with Crippen LogP contribution in [0, 0.1) is 24.2 Å². The van der Waals surface area contributed by atoms with Crippen LogP contribution in [0.5, 0.6) is 0 Å².